The predicted molar refractivity (Wildman–Crippen MR) is 49.8 cm³/mol. The van der Waals surface area contributed by atoms with Gasteiger partial charge in [-0.05, 0) is 0 Å². The van der Waals surface area contributed by atoms with Crippen LogP contribution in [0.5, 0.6) is 0 Å². The van der Waals surface area contributed by atoms with Crippen LogP contribution in [-0.4, -0.2) is 9.97 Å². The van der Waals surface area contributed by atoms with Gasteiger partial charge in [0.2, 0.25) is 0 Å². The maximum atomic E-state index is 5.56. The molecule has 0 fully saturated rings. The molecule has 0 spiro atoms. The van der Waals surface area contributed by atoms with Crippen LogP contribution in [0.4, 0.5) is 0 Å². The van der Waals surface area contributed by atoms with Crippen molar-refractivity contribution < 1.29 is 0 Å². The summed E-state index contributed by atoms with van der Waals surface area (Å²) in [5.41, 5.74) is 0. The lowest BCUT2D eigenvalue weighted by Crippen LogP contribution is -1.88. The van der Waals surface area contributed by atoms with Gasteiger partial charge in [0.1, 0.15) is 5.02 Å². The Bertz CT molecular complexity index is 242. The van der Waals surface area contributed by atoms with Crippen molar-refractivity contribution in [1.82, 2.24) is 9.97 Å². The molecule has 0 bridgehead atoms. The summed E-state index contributed by atoms with van der Waals surface area (Å²) in [6.45, 7) is 0. The number of aromatic nitrogens is 2. The van der Waals surface area contributed by atoms with Gasteiger partial charge in [-0.3, -0.25) is 0 Å². The summed E-state index contributed by atoms with van der Waals surface area (Å²) in [5.74, 6) is 0. The molecule has 1 aromatic heterocycles. The first-order valence-electron chi connectivity index (χ1n) is 2.15. The van der Waals surface area contributed by atoms with E-state index in [2.05, 4.69) is 9.97 Å². The molecule has 0 aliphatic heterocycles. The Hall–Kier alpha value is 0.680. The second-order valence-corrected chi connectivity index (χ2v) is 3.45. The standard InChI is InChI=1S/C4Cl3IN2/c5-1-2(6)9-4(8)10-3(1)7. The van der Waals surface area contributed by atoms with Gasteiger partial charge >= 0.3 is 0 Å². The Kier molecular flexibility index (Phi) is 2.97. The Balaban J connectivity index is 3.31. The Morgan fingerprint density at radius 1 is 1.00 bits per heavy atom. The smallest absolute Gasteiger partial charge is 0.193 e. The molecule has 0 amide bonds. The summed E-state index contributed by atoms with van der Waals surface area (Å²) in [6.07, 6.45) is 0. The first-order valence-corrected chi connectivity index (χ1v) is 4.36. The molecule has 0 saturated heterocycles. The monoisotopic (exact) mass is 308 g/mol. The fourth-order valence-corrected chi connectivity index (χ4v) is 1.61. The molecule has 0 N–H and O–H groups in total. The zero-order valence-corrected chi connectivity index (χ0v) is 8.83. The van der Waals surface area contributed by atoms with Crippen LogP contribution in [0.3, 0.4) is 0 Å². The fraction of sp³-hybridized carbons (Fsp3) is 0. The molecule has 0 radical (unpaired) electrons. The van der Waals surface area contributed by atoms with Crippen LogP contribution in [0.25, 0.3) is 0 Å². The van der Waals surface area contributed by atoms with Crippen molar-refractivity contribution in [2.45, 2.75) is 0 Å². The van der Waals surface area contributed by atoms with E-state index in [1.54, 1.807) is 0 Å². The van der Waals surface area contributed by atoms with Crippen LogP contribution in [0, 0.1) is 3.83 Å². The van der Waals surface area contributed by atoms with E-state index in [-0.39, 0.29) is 15.3 Å². The molecular formula is C4Cl3IN2. The highest BCUT2D eigenvalue weighted by Crippen LogP contribution is 2.26. The molecule has 0 unspecified atom stereocenters. The van der Waals surface area contributed by atoms with Crippen molar-refractivity contribution in [1.29, 1.82) is 0 Å². The first-order chi connectivity index (χ1) is 4.61. The lowest BCUT2D eigenvalue weighted by molar-refractivity contribution is 1.11. The van der Waals surface area contributed by atoms with Gasteiger partial charge < -0.3 is 0 Å². The van der Waals surface area contributed by atoms with E-state index in [0.717, 1.165) is 0 Å². The van der Waals surface area contributed by atoms with Crippen LogP contribution in [0.2, 0.25) is 15.3 Å². The summed E-state index contributed by atoms with van der Waals surface area (Å²) in [6, 6.07) is 0. The third kappa shape index (κ3) is 1.84. The Labute approximate surface area is 86.0 Å². The van der Waals surface area contributed by atoms with Crippen LogP contribution in [0.1, 0.15) is 0 Å². The molecule has 0 aliphatic carbocycles. The zero-order chi connectivity index (χ0) is 7.72. The third-order valence-electron chi connectivity index (χ3n) is 0.743. The van der Waals surface area contributed by atoms with Crippen molar-refractivity contribution in [2.75, 3.05) is 0 Å². The molecule has 1 rings (SSSR count). The summed E-state index contributed by atoms with van der Waals surface area (Å²) >= 11 is 18.5. The minimum atomic E-state index is 0.186. The highest BCUT2D eigenvalue weighted by atomic mass is 127. The molecule has 0 saturated carbocycles. The van der Waals surface area contributed by atoms with Gasteiger partial charge in [-0.2, -0.15) is 0 Å². The van der Waals surface area contributed by atoms with E-state index in [4.69, 9.17) is 34.8 Å². The summed E-state index contributed by atoms with van der Waals surface area (Å²) in [4.78, 5) is 7.52. The van der Waals surface area contributed by atoms with Crippen molar-refractivity contribution in [3.05, 3.63) is 19.2 Å². The van der Waals surface area contributed by atoms with Crippen molar-refractivity contribution in [3.8, 4) is 0 Å². The minimum absolute atomic E-state index is 0.186. The topological polar surface area (TPSA) is 25.8 Å². The fourth-order valence-electron chi connectivity index (χ4n) is 0.370. The number of rotatable bonds is 0. The van der Waals surface area contributed by atoms with Gasteiger partial charge in [-0.15, -0.1) is 0 Å². The van der Waals surface area contributed by atoms with Gasteiger partial charge in [0.25, 0.3) is 0 Å². The number of hydrogen-bond acceptors (Lipinski definition) is 2. The molecule has 1 aromatic rings. The molecular weight excluding hydrogens is 309 g/mol. The lowest BCUT2D eigenvalue weighted by atomic mass is 10.7. The van der Waals surface area contributed by atoms with E-state index in [1.807, 2.05) is 22.6 Å². The summed E-state index contributed by atoms with van der Waals surface area (Å²) in [7, 11) is 0. The normalized spacial score (nSPS) is 10.0. The quantitative estimate of drug-likeness (QED) is 0.418. The summed E-state index contributed by atoms with van der Waals surface area (Å²) < 4.78 is 0.483. The Morgan fingerprint density at radius 2 is 1.40 bits per heavy atom. The molecule has 6 heteroatoms. The van der Waals surface area contributed by atoms with E-state index in [1.165, 1.54) is 0 Å². The van der Waals surface area contributed by atoms with Gasteiger partial charge in [0, 0.05) is 22.6 Å². The van der Waals surface area contributed by atoms with E-state index in [9.17, 15) is 0 Å². The zero-order valence-electron chi connectivity index (χ0n) is 4.41. The van der Waals surface area contributed by atoms with E-state index < -0.39 is 0 Å². The SMILES string of the molecule is Clc1nc(I)nc(Cl)c1Cl. The summed E-state index contributed by atoms with van der Waals surface area (Å²) in [5, 5.41) is 0.570. The van der Waals surface area contributed by atoms with Gasteiger partial charge in [-0.1, -0.05) is 34.8 Å². The van der Waals surface area contributed by atoms with Gasteiger partial charge in [0.15, 0.2) is 14.1 Å². The third-order valence-corrected chi connectivity index (χ3v) is 2.32. The maximum Gasteiger partial charge on any atom is 0.193 e. The number of nitrogens with zero attached hydrogens (tertiary/aromatic N) is 2. The highest BCUT2D eigenvalue weighted by molar-refractivity contribution is 14.1. The number of hydrogen-bond donors (Lipinski definition) is 0. The molecule has 54 valence electrons. The highest BCUT2D eigenvalue weighted by Gasteiger charge is 2.06. The molecule has 2 nitrogen and oxygen atoms in total. The van der Waals surface area contributed by atoms with Crippen molar-refractivity contribution >= 4 is 57.4 Å². The van der Waals surface area contributed by atoms with Crippen LogP contribution in [-0.2, 0) is 0 Å². The van der Waals surface area contributed by atoms with E-state index >= 15 is 0 Å². The lowest BCUT2D eigenvalue weighted by Gasteiger charge is -1.95. The van der Waals surface area contributed by atoms with Gasteiger partial charge in [0.05, 0.1) is 0 Å². The van der Waals surface area contributed by atoms with Gasteiger partial charge in [-0.25, -0.2) is 9.97 Å². The van der Waals surface area contributed by atoms with Crippen LogP contribution in [0.15, 0.2) is 0 Å². The molecule has 0 aromatic carbocycles. The molecule has 10 heavy (non-hydrogen) atoms. The average molecular weight is 309 g/mol. The predicted octanol–water partition coefficient (Wildman–Crippen LogP) is 3.04. The van der Waals surface area contributed by atoms with Crippen molar-refractivity contribution in [2.24, 2.45) is 0 Å². The van der Waals surface area contributed by atoms with Crippen LogP contribution < -0.4 is 0 Å². The largest absolute Gasteiger partial charge is 0.209 e. The average Bonchev–Trinajstić information content (AvgIpc) is 1.82. The van der Waals surface area contributed by atoms with Crippen molar-refractivity contribution in [3.63, 3.8) is 0 Å². The molecule has 0 aliphatic rings. The minimum Gasteiger partial charge on any atom is -0.209 e. The Morgan fingerprint density at radius 3 is 1.80 bits per heavy atom. The maximum absolute atomic E-state index is 5.56. The second kappa shape index (κ2) is 3.38. The molecule has 0 atom stereocenters. The van der Waals surface area contributed by atoms with E-state index in [0.29, 0.717) is 3.83 Å². The molecule has 1 heterocycles. The van der Waals surface area contributed by atoms with Crippen LogP contribution >= 0.6 is 57.4 Å². The second-order valence-electron chi connectivity index (χ2n) is 1.39. The number of halogens is 4. The first kappa shape index (κ1) is 8.77.